The second-order valence-electron chi connectivity index (χ2n) is 4.00. The van der Waals surface area contributed by atoms with E-state index in [1.165, 1.54) is 6.08 Å². The van der Waals surface area contributed by atoms with Crippen molar-refractivity contribution in [2.75, 3.05) is 0 Å². The molecule has 0 amide bonds. The second kappa shape index (κ2) is 17.0. The molecule has 0 fully saturated rings. The minimum atomic E-state index is -0.865. The Labute approximate surface area is 170 Å². The van der Waals surface area contributed by atoms with Gasteiger partial charge in [0.05, 0.1) is 5.83 Å². The van der Waals surface area contributed by atoms with Gasteiger partial charge in [0.15, 0.2) is 0 Å². The Kier molecular flexibility index (Phi) is 19.8. The Morgan fingerprint density at radius 3 is 1.83 bits per heavy atom. The Hall–Kier alpha value is -0.837. The summed E-state index contributed by atoms with van der Waals surface area (Å²) in [5.74, 6) is -1.74. The van der Waals surface area contributed by atoms with E-state index in [1.807, 2.05) is 18.2 Å². The van der Waals surface area contributed by atoms with Gasteiger partial charge in [0.1, 0.15) is 5.83 Å². The summed E-state index contributed by atoms with van der Waals surface area (Å²) in [6.07, 6.45) is 9.23. The summed E-state index contributed by atoms with van der Waals surface area (Å²) in [6, 6.07) is 5.72. The third-order valence-corrected chi connectivity index (χ3v) is 2.22. The Morgan fingerprint density at radius 2 is 1.58 bits per heavy atom. The first-order valence-electron chi connectivity index (χ1n) is 6.19. The first-order valence-corrected chi connectivity index (χ1v) is 6.19. The monoisotopic (exact) mass is 456 g/mol. The van der Waals surface area contributed by atoms with E-state index in [-0.39, 0.29) is 56.8 Å². The van der Waals surface area contributed by atoms with Gasteiger partial charge in [-0.25, -0.2) is 8.78 Å². The van der Waals surface area contributed by atoms with Crippen molar-refractivity contribution < 1.29 is 68.6 Å². The third kappa shape index (κ3) is 14.7. The Morgan fingerprint density at radius 1 is 0.958 bits per heavy atom. The van der Waals surface area contributed by atoms with Crippen LogP contribution >= 0.6 is 0 Å². The fourth-order valence-electron chi connectivity index (χ4n) is 1.35. The van der Waals surface area contributed by atoms with Crippen LogP contribution in [-0.4, -0.2) is 4.98 Å². The number of hydrogen-bond acceptors (Lipinski definition) is 1. The normalized spacial score (nSPS) is 13.8. The van der Waals surface area contributed by atoms with Gasteiger partial charge >= 0.3 is 26.2 Å². The molecule has 2 aliphatic rings. The van der Waals surface area contributed by atoms with Crippen LogP contribution in [0.1, 0.15) is 12.8 Å². The largest absolute Gasteiger partial charge is 3.00 e. The predicted octanol–water partition coefficient (Wildman–Crippen LogP) is -0.515. The summed E-state index contributed by atoms with van der Waals surface area (Å²) in [4.78, 5) is 3.78. The molecule has 129 valence electrons. The maximum absolute atomic E-state index is 12.0. The van der Waals surface area contributed by atoms with Crippen LogP contribution in [0, 0.1) is 6.17 Å². The van der Waals surface area contributed by atoms with Crippen LogP contribution in [0.3, 0.4) is 0 Å². The average molecular weight is 458 g/mol. The van der Waals surface area contributed by atoms with Crippen molar-refractivity contribution >= 4 is 0 Å². The molecule has 0 unspecified atom stereocenters. The van der Waals surface area contributed by atoms with Crippen molar-refractivity contribution in [2.45, 2.75) is 12.8 Å². The van der Waals surface area contributed by atoms with Gasteiger partial charge in [-0.15, -0.1) is 0 Å². The molecule has 1 nitrogen and oxygen atoms in total. The molecule has 1 aromatic rings. The second-order valence-corrected chi connectivity index (χ2v) is 4.00. The minimum absolute atomic E-state index is 0. The van der Waals surface area contributed by atoms with Crippen LogP contribution < -0.4 is 24.8 Å². The maximum Gasteiger partial charge on any atom is 3.00 e. The average Bonchev–Trinajstić information content (AvgIpc) is 2.92. The van der Waals surface area contributed by atoms with Gasteiger partial charge in [0.2, 0.25) is 0 Å². The first kappa shape index (κ1) is 28.0. The molecule has 2 aliphatic carbocycles. The van der Waals surface area contributed by atoms with Gasteiger partial charge in [0, 0.05) is 12.4 Å². The van der Waals surface area contributed by atoms with Crippen molar-refractivity contribution in [1.82, 2.24) is 4.98 Å². The van der Waals surface area contributed by atoms with Crippen molar-refractivity contribution in [3.05, 3.63) is 84.6 Å². The number of halogens is 6. The smallest absolute Gasteiger partial charge is 1.00 e. The predicted molar refractivity (Wildman–Crippen MR) is 74.5 cm³/mol. The molecule has 0 saturated carbocycles. The SMILES string of the molecule is FC1=CCC=C1.FC1=C[C-](F)CC(F)=C1.[Cl-].[Cl-].[Zr+3].c1ccncc1. The van der Waals surface area contributed by atoms with E-state index in [0.717, 1.165) is 6.42 Å². The summed E-state index contributed by atoms with van der Waals surface area (Å²) in [7, 11) is 0. The van der Waals surface area contributed by atoms with E-state index in [2.05, 4.69) is 4.98 Å². The van der Waals surface area contributed by atoms with Gasteiger partial charge in [-0.05, 0) is 49.1 Å². The van der Waals surface area contributed by atoms with E-state index < -0.39 is 24.2 Å². The zero-order valence-electron chi connectivity index (χ0n) is 12.4. The van der Waals surface area contributed by atoms with Crippen LogP contribution in [0.2, 0.25) is 0 Å². The molecule has 0 N–H and O–H groups in total. The van der Waals surface area contributed by atoms with E-state index in [0.29, 0.717) is 12.2 Å². The van der Waals surface area contributed by atoms with Gasteiger partial charge in [-0.1, -0.05) is 18.2 Å². The molecule has 1 aromatic heterocycles. The van der Waals surface area contributed by atoms with Crippen molar-refractivity contribution in [2.24, 2.45) is 0 Å². The standard InChI is InChI=1S/C6H4F3.C5H5F.C5H5N.2ClH.Zr/c7-4-1-5(8)3-6(9)2-4;6-5-3-1-2-4-5;1-2-4-6-5-3-1;;;/h1-2H,3H2;1,3-4H,2H2;1-5H;2*1H;/q-1;;;;;+3/p-2. The van der Waals surface area contributed by atoms with Crippen LogP contribution in [0.15, 0.2) is 78.5 Å². The number of pyridine rings is 1. The maximum atomic E-state index is 12.0. The number of rotatable bonds is 0. The van der Waals surface area contributed by atoms with Gasteiger partial charge < -0.3 is 33.6 Å². The van der Waals surface area contributed by atoms with E-state index >= 15 is 0 Å². The molecular formula is C16H14Cl2F4NZr. The summed E-state index contributed by atoms with van der Waals surface area (Å²) in [6.45, 7) is 0. The number of hydrogen-bond donors (Lipinski definition) is 0. The van der Waals surface area contributed by atoms with Gasteiger partial charge in [0.25, 0.3) is 0 Å². The molecule has 24 heavy (non-hydrogen) atoms. The van der Waals surface area contributed by atoms with Crippen LogP contribution in [0.25, 0.3) is 0 Å². The van der Waals surface area contributed by atoms with Crippen LogP contribution in [0.4, 0.5) is 17.6 Å². The summed E-state index contributed by atoms with van der Waals surface area (Å²) < 4.78 is 47.7. The van der Waals surface area contributed by atoms with E-state index in [1.54, 1.807) is 24.5 Å². The number of allylic oxidation sites excluding steroid dienone is 8. The molecule has 1 heterocycles. The molecule has 8 heteroatoms. The van der Waals surface area contributed by atoms with Gasteiger partial charge in [-0.3, -0.25) is 4.98 Å². The Bertz CT molecular complexity index is 519. The summed E-state index contributed by atoms with van der Waals surface area (Å²) in [5.41, 5.74) is 0. The van der Waals surface area contributed by atoms with E-state index in [4.69, 9.17) is 0 Å². The zero-order valence-corrected chi connectivity index (χ0v) is 16.4. The molecular weight excluding hydrogens is 444 g/mol. The Balaban J connectivity index is -0.000000266. The van der Waals surface area contributed by atoms with E-state index in [9.17, 15) is 17.6 Å². The fraction of sp³-hybridized carbons (Fsp3) is 0.125. The molecule has 0 aromatic carbocycles. The molecule has 0 saturated heterocycles. The number of nitrogens with zero attached hydrogens (tertiary/aromatic N) is 1. The fourth-order valence-corrected chi connectivity index (χ4v) is 1.35. The van der Waals surface area contributed by atoms with Crippen molar-refractivity contribution in [1.29, 1.82) is 0 Å². The summed E-state index contributed by atoms with van der Waals surface area (Å²) in [5, 5.41) is 0. The van der Waals surface area contributed by atoms with Gasteiger partial charge in [-0.2, -0.15) is 6.08 Å². The third-order valence-electron chi connectivity index (χ3n) is 2.22. The van der Waals surface area contributed by atoms with Crippen LogP contribution in [0.5, 0.6) is 0 Å². The molecule has 0 aliphatic heterocycles. The molecule has 0 atom stereocenters. The zero-order chi connectivity index (χ0) is 15.5. The topological polar surface area (TPSA) is 12.9 Å². The molecule has 0 bridgehead atoms. The molecule has 0 spiro atoms. The van der Waals surface area contributed by atoms with Crippen LogP contribution in [-0.2, 0) is 26.2 Å². The summed E-state index contributed by atoms with van der Waals surface area (Å²) >= 11 is 0. The number of aromatic nitrogens is 1. The molecule has 1 radical (unpaired) electrons. The quantitative estimate of drug-likeness (QED) is 0.377. The first-order chi connectivity index (χ1) is 10.1. The molecule has 3 rings (SSSR count). The van der Waals surface area contributed by atoms with Crippen molar-refractivity contribution in [3.63, 3.8) is 0 Å². The van der Waals surface area contributed by atoms with Crippen molar-refractivity contribution in [3.8, 4) is 0 Å². The minimum Gasteiger partial charge on any atom is -1.00 e.